The standard InChI is InChI=1S/C17H20N2O3S/c1-11-9-15(12(2)22-11)16(20)18-14-3-6-19(7-4-14)17(21)13-5-8-23-10-13/h5,8-10,14H,3-4,6-7H2,1-2H3,(H,18,20). The number of furan rings is 1. The van der Waals surface area contributed by atoms with E-state index in [1.54, 1.807) is 13.0 Å². The van der Waals surface area contributed by atoms with Crippen LogP contribution in [0.2, 0.25) is 0 Å². The van der Waals surface area contributed by atoms with E-state index in [1.165, 1.54) is 11.3 Å². The van der Waals surface area contributed by atoms with Gasteiger partial charge in [-0.15, -0.1) is 0 Å². The molecule has 0 unspecified atom stereocenters. The van der Waals surface area contributed by atoms with Gasteiger partial charge in [-0.1, -0.05) is 0 Å². The Hall–Kier alpha value is -2.08. The third kappa shape index (κ3) is 3.47. The summed E-state index contributed by atoms with van der Waals surface area (Å²) in [6.07, 6.45) is 1.55. The molecular formula is C17H20N2O3S. The van der Waals surface area contributed by atoms with E-state index in [-0.39, 0.29) is 17.9 Å². The summed E-state index contributed by atoms with van der Waals surface area (Å²) in [6.45, 7) is 4.97. The molecule has 5 nitrogen and oxygen atoms in total. The molecular weight excluding hydrogens is 312 g/mol. The van der Waals surface area contributed by atoms with Crippen LogP contribution in [0.3, 0.4) is 0 Å². The van der Waals surface area contributed by atoms with Crippen LogP contribution < -0.4 is 5.32 Å². The molecule has 0 spiro atoms. The van der Waals surface area contributed by atoms with E-state index in [9.17, 15) is 9.59 Å². The summed E-state index contributed by atoms with van der Waals surface area (Å²) in [5.74, 6) is 1.37. The minimum atomic E-state index is -0.0954. The number of rotatable bonds is 3. The zero-order chi connectivity index (χ0) is 16.4. The highest BCUT2D eigenvalue weighted by atomic mass is 32.1. The molecule has 3 heterocycles. The Morgan fingerprint density at radius 1 is 1.30 bits per heavy atom. The summed E-state index contributed by atoms with van der Waals surface area (Å²) in [6, 6.07) is 3.72. The fourth-order valence-electron chi connectivity index (χ4n) is 2.92. The molecule has 1 aliphatic rings. The molecule has 0 aromatic carbocycles. The molecule has 1 saturated heterocycles. The van der Waals surface area contributed by atoms with Crippen molar-refractivity contribution in [1.82, 2.24) is 10.2 Å². The summed E-state index contributed by atoms with van der Waals surface area (Å²) >= 11 is 1.53. The summed E-state index contributed by atoms with van der Waals surface area (Å²) in [5.41, 5.74) is 1.35. The summed E-state index contributed by atoms with van der Waals surface area (Å²) in [7, 11) is 0. The van der Waals surface area contributed by atoms with E-state index in [1.807, 2.05) is 28.7 Å². The first-order valence-corrected chi connectivity index (χ1v) is 8.68. The van der Waals surface area contributed by atoms with Crippen molar-refractivity contribution in [2.75, 3.05) is 13.1 Å². The Kier molecular flexibility index (Phi) is 4.52. The maximum atomic E-state index is 12.3. The number of likely N-dealkylation sites (tertiary alicyclic amines) is 1. The van der Waals surface area contributed by atoms with E-state index >= 15 is 0 Å². The van der Waals surface area contributed by atoms with Gasteiger partial charge in [-0.05, 0) is 44.2 Å². The van der Waals surface area contributed by atoms with Crippen LogP contribution in [-0.2, 0) is 0 Å². The Morgan fingerprint density at radius 2 is 2.04 bits per heavy atom. The van der Waals surface area contributed by atoms with E-state index in [0.717, 1.165) is 24.2 Å². The molecule has 1 fully saturated rings. The van der Waals surface area contributed by atoms with Gasteiger partial charge in [0.05, 0.1) is 11.1 Å². The minimum Gasteiger partial charge on any atom is -0.466 e. The Morgan fingerprint density at radius 3 is 2.61 bits per heavy atom. The molecule has 1 N–H and O–H groups in total. The summed E-state index contributed by atoms with van der Waals surface area (Å²) < 4.78 is 5.40. The molecule has 2 aromatic heterocycles. The van der Waals surface area contributed by atoms with Gasteiger partial charge in [-0.3, -0.25) is 9.59 Å². The topological polar surface area (TPSA) is 62.6 Å². The molecule has 2 aromatic rings. The van der Waals surface area contributed by atoms with Crippen molar-refractivity contribution < 1.29 is 14.0 Å². The molecule has 0 saturated carbocycles. The predicted octanol–water partition coefficient (Wildman–Crippen LogP) is 2.99. The van der Waals surface area contributed by atoms with Gasteiger partial charge in [0.15, 0.2) is 0 Å². The molecule has 0 aliphatic carbocycles. The van der Waals surface area contributed by atoms with E-state index < -0.39 is 0 Å². The van der Waals surface area contributed by atoms with Crippen LogP contribution in [0, 0.1) is 13.8 Å². The van der Waals surface area contributed by atoms with Crippen molar-refractivity contribution in [1.29, 1.82) is 0 Å². The number of piperidine rings is 1. The lowest BCUT2D eigenvalue weighted by atomic mass is 10.0. The number of carbonyl (C=O) groups excluding carboxylic acids is 2. The minimum absolute atomic E-state index is 0.0809. The fraction of sp³-hybridized carbons (Fsp3) is 0.412. The normalized spacial score (nSPS) is 15.7. The number of hydrogen-bond acceptors (Lipinski definition) is 4. The first kappa shape index (κ1) is 15.8. The third-order valence-corrected chi connectivity index (χ3v) is 4.85. The smallest absolute Gasteiger partial charge is 0.255 e. The first-order chi connectivity index (χ1) is 11.0. The lowest BCUT2D eigenvalue weighted by Crippen LogP contribution is -2.46. The van der Waals surface area contributed by atoms with Crippen molar-refractivity contribution in [2.45, 2.75) is 32.7 Å². The van der Waals surface area contributed by atoms with Crippen LogP contribution in [0.15, 0.2) is 27.3 Å². The van der Waals surface area contributed by atoms with Gasteiger partial charge in [0, 0.05) is 24.5 Å². The van der Waals surface area contributed by atoms with Crippen LogP contribution in [-0.4, -0.2) is 35.8 Å². The number of hydrogen-bond donors (Lipinski definition) is 1. The van der Waals surface area contributed by atoms with Crippen LogP contribution in [0.25, 0.3) is 0 Å². The van der Waals surface area contributed by atoms with Crippen LogP contribution in [0.4, 0.5) is 0 Å². The van der Waals surface area contributed by atoms with Crippen molar-refractivity contribution in [3.05, 3.63) is 45.5 Å². The van der Waals surface area contributed by atoms with Crippen LogP contribution in [0.1, 0.15) is 45.1 Å². The van der Waals surface area contributed by atoms with Crippen LogP contribution >= 0.6 is 11.3 Å². The maximum absolute atomic E-state index is 12.3. The molecule has 2 amide bonds. The molecule has 0 radical (unpaired) electrons. The molecule has 3 rings (SSSR count). The van der Waals surface area contributed by atoms with E-state index in [4.69, 9.17) is 4.42 Å². The second-order valence-electron chi connectivity index (χ2n) is 5.88. The van der Waals surface area contributed by atoms with Gasteiger partial charge in [0.1, 0.15) is 11.5 Å². The third-order valence-electron chi connectivity index (χ3n) is 4.17. The van der Waals surface area contributed by atoms with Crippen molar-refractivity contribution in [2.24, 2.45) is 0 Å². The second kappa shape index (κ2) is 6.58. The summed E-state index contributed by atoms with van der Waals surface area (Å²) in [4.78, 5) is 26.4. The highest BCUT2D eigenvalue weighted by Crippen LogP contribution is 2.18. The van der Waals surface area contributed by atoms with Crippen molar-refractivity contribution in [3.8, 4) is 0 Å². The van der Waals surface area contributed by atoms with Crippen molar-refractivity contribution >= 4 is 23.2 Å². The van der Waals surface area contributed by atoms with E-state index in [0.29, 0.717) is 24.4 Å². The quantitative estimate of drug-likeness (QED) is 0.940. The first-order valence-electron chi connectivity index (χ1n) is 7.74. The van der Waals surface area contributed by atoms with Crippen molar-refractivity contribution in [3.63, 3.8) is 0 Å². The number of aryl methyl sites for hydroxylation is 2. The monoisotopic (exact) mass is 332 g/mol. The highest BCUT2D eigenvalue weighted by molar-refractivity contribution is 7.08. The number of carbonyl (C=O) groups is 2. The van der Waals surface area contributed by atoms with Gasteiger partial charge in [0.25, 0.3) is 11.8 Å². The number of amides is 2. The zero-order valence-electron chi connectivity index (χ0n) is 13.3. The molecule has 0 atom stereocenters. The Labute approximate surface area is 139 Å². The molecule has 23 heavy (non-hydrogen) atoms. The average Bonchev–Trinajstić information content (AvgIpc) is 3.17. The van der Waals surface area contributed by atoms with Gasteiger partial charge >= 0.3 is 0 Å². The van der Waals surface area contributed by atoms with Gasteiger partial charge < -0.3 is 14.6 Å². The largest absolute Gasteiger partial charge is 0.466 e. The number of nitrogens with zero attached hydrogens (tertiary/aromatic N) is 1. The lowest BCUT2D eigenvalue weighted by Gasteiger charge is -2.32. The van der Waals surface area contributed by atoms with Gasteiger partial charge in [0.2, 0.25) is 0 Å². The average molecular weight is 332 g/mol. The molecule has 0 bridgehead atoms. The highest BCUT2D eigenvalue weighted by Gasteiger charge is 2.25. The Balaban J connectivity index is 1.54. The number of thiophene rings is 1. The van der Waals surface area contributed by atoms with Gasteiger partial charge in [-0.2, -0.15) is 11.3 Å². The zero-order valence-corrected chi connectivity index (χ0v) is 14.1. The molecule has 1 aliphatic heterocycles. The van der Waals surface area contributed by atoms with Gasteiger partial charge in [-0.25, -0.2) is 0 Å². The number of nitrogens with one attached hydrogen (secondary N) is 1. The fourth-order valence-corrected chi connectivity index (χ4v) is 3.54. The van der Waals surface area contributed by atoms with E-state index in [2.05, 4.69) is 5.32 Å². The maximum Gasteiger partial charge on any atom is 0.255 e. The second-order valence-corrected chi connectivity index (χ2v) is 6.66. The van der Waals surface area contributed by atoms with Crippen LogP contribution in [0.5, 0.6) is 0 Å². The molecule has 122 valence electrons. The SMILES string of the molecule is Cc1cc(C(=O)NC2CCN(C(=O)c3ccsc3)CC2)c(C)o1. The predicted molar refractivity (Wildman–Crippen MR) is 88.9 cm³/mol. The lowest BCUT2D eigenvalue weighted by molar-refractivity contribution is 0.0698. The Bertz CT molecular complexity index is 698. The molecule has 6 heteroatoms. The summed E-state index contributed by atoms with van der Waals surface area (Å²) in [5, 5.41) is 6.84.